The third kappa shape index (κ3) is 6.04. The molecule has 0 bridgehead atoms. The van der Waals surface area contributed by atoms with Crippen molar-refractivity contribution in [1.82, 2.24) is 10.2 Å². The SMILES string of the molecule is CCNC(=O)CN(CC)CC(=O)Nc1cccc(Cl)c1. The molecule has 0 aliphatic rings. The van der Waals surface area contributed by atoms with Gasteiger partial charge in [0.15, 0.2) is 0 Å². The zero-order chi connectivity index (χ0) is 15.0. The fourth-order valence-corrected chi connectivity index (χ4v) is 1.90. The average Bonchev–Trinajstić information content (AvgIpc) is 2.38. The normalized spacial score (nSPS) is 10.4. The lowest BCUT2D eigenvalue weighted by Gasteiger charge is -2.19. The number of carbonyl (C=O) groups is 2. The van der Waals surface area contributed by atoms with Crippen LogP contribution < -0.4 is 10.6 Å². The molecule has 0 radical (unpaired) electrons. The molecule has 6 heteroatoms. The summed E-state index contributed by atoms with van der Waals surface area (Å²) in [5, 5.41) is 6.03. The molecule has 0 aromatic heterocycles. The Morgan fingerprint density at radius 3 is 2.50 bits per heavy atom. The molecule has 0 fully saturated rings. The summed E-state index contributed by atoms with van der Waals surface area (Å²) < 4.78 is 0. The predicted molar refractivity (Wildman–Crippen MR) is 80.9 cm³/mol. The van der Waals surface area contributed by atoms with Gasteiger partial charge in [-0.1, -0.05) is 24.6 Å². The fraction of sp³-hybridized carbons (Fsp3) is 0.429. The number of hydrogen-bond donors (Lipinski definition) is 2. The Kier molecular flexibility index (Phi) is 7.04. The summed E-state index contributed by atoms with van der Waals surface area (Å²) in [5.41, 5.74) is 0.650. The van der Waals surface area contributed by atoms with Crippen molar-refractivity contribution in [3.63, 3.8) is 0 Å². The van der Waals surface area contributed by atoms with Crippen molar-refractivity contribution < 1.29 is 9.59 Å². The highest BCUT2D eigenvalue weighted by atomic mass is 35.5. The smallest absolute Gasteiger partial charge is 0.238 e. The number of hydrogen-bond acceptors (Lipinski definition) is 3. The molecule has 110 valence electrons. The molecule has 0 unspecified atom stereocenters. The van der Waals surface area contributed by atoms with Gasteiger partial charge >= 0.3 is 0 Å². The van der Waals surface area contributed by atoms with Crippen molar-refractivity contribution in [2.24, 2.45) is 0 Å². The van der Waals surface area contributed by atoms with E-state index in [9.17, 15) is 9.59 Å². The Hall–Kier alpha value is -1.59. The van der Waals surface area contributed by atoms with E-state index in [2.05, 4.69) is 10.6 Å². The van der Waals surface area contributed by atoms with Crippen molar-refractivity contribution in [2.75, 3.05) is 31.5 Å². The highest BCUT2D eigenvalue weighted by molar-refractivity contribution is 6.30. The molecule has 1 aromatic carbocycles. The molecule has 0 saturated carbocycles. The van der Waals surface area contributed by atoms with Crippen LogP contribution in [0.15, 0.2) is 24.3 Å². The van der Waals surface area contributed by atoms with Crippen molar-refractivity contribution in [3.8, 4) is 0 Å². The van der Waals surface area contributed by atoms with Crippen LogP contribution >= 0.6 is 11.6 Å². The van der Waals surface area contributed by atoms with Gasteiger partial charge in [-0.2, -0.15) is 0 Å². The highest BCUT2D eigenvalue weighted by Gasteiger charge is 2.12. The quantitative estimate of drug-likeness (QED) is 0.806. The first kappa shape index (κ1) is 16.5. The maximum atomic E-state index is 11.9. The van der Waals surface area contributed by atoms with E-state index in [0.29, 0.717) is 23.8 Å². The molecule has 0 saturated heterocycles. The van der Waals surface area contributed by atoms with Crippen LogP contribution in [0.25, 0.3) is 0 Å². The van der Waals surface area contributed by atoms with E-state index in [-0.39, 0.29) is 24.9 Å². The Balaban J connectivity index is 2.48. The van der Waals surface area contributed by atoms with Gasteiger partial charge in [0.25, 0.3) is 0 Å². The van der Waals surface area contributed by atoms with Crippen molar-refractivity contribution in [1.29, 1.82) is 0 Å². The first-order valence-electron chi connectivity index (χ1n) is 6.59. The number of benzene rings is 1. The summed E-state index contributed by atoms with van der Waals surface area (Å²) in [5.74, 6) is -0.247. The lowest BCUT2D eigenvalue weighted by Crippen LogP contribution is -2.40. The van der Waals surface area contributed by atoms with Gasteiger partial charge in [0.05, 0.1) is 13.1 Å². The average molecular weight is 298 g/mol. The van der Waals surface area contributed by atoms with Gasteiger partial charge in [0.2, 0.25) is 11.8 Å². The minimum absolute atomic E-state index is 0.0788. The Labute approximate surface area is 124 Å². The van der Waals surface area contributed by atoms with Gasteiger partial charge in [0, 0.05) is 17.3 Å². The number of anilines is 1. The maximum Gasteiger partial charge on any atom is 0.238 e. The molecule has 0 atom stereocenters. The van der Waals surface area contributed by atoms with Gasteiger partial charge in [-0.3, -0.25) is 14.5 Å². The molecular formula is C14H20ClN3O2. The van der Waals surface area contributed by atoms with Crippen LogP contribution in [0.4, 0.5) is 5.69 Å². The van der Waals surface area contributed by atoms with Gasteiger partial charge in [-0.05, 0) is 31.7 Å². The molecular weight excluding hydrogens is 278 g/mol. The number of nitrogens with zero attached hydrogens (tertiary/aromatic N) is 1. The monoisotopic (exact) mass is 297 g/mol. The number of halogens is 1. The van der Waals surface area contributed by atoms with E-state index in [1.54, 1.807) is 29.2 Å². The van der Waals surface area contributed by atoms with E-state index in [0.717, 1.165) is 0 Å². The summed E-state index contributed by atoms with van der Waals surface area (Å²) in [7, 11) is 0. The number of likely N-dealkylation sites (N-methyl/N-ethyl adjacent to an activating group) is 2. The fourth-order valence-electron chi connectivity index (χ4n) is 1.71. The lowest BCUT2D eigenvalue weighted by molar-refractivity contribution is -0.123. The Morgan fingerprint density at radius 1 is 1.20 bits per heavy atom. The van der Waals surface area contributed by atoms with E-state index >= 15 is 0 Å². The molecule has 1 aromatic rings. The number of amides is 2. The van der Waals surface area contributed by atoms with Gasteiger partial charge in [-0.25, -0.2) is 0 Å². The Bertz CT molecular complexity index is 465. The summed E-state index contributed by atoms with van der Waals surface area (Å²) in [6.45, 7) is 5.37. The predicted octanol–water partition coefficient (Wildman–Crippen LogP) is 1.74. The third-order valence-corrected chi connectivity index (χ3v) is 2.90. The van der Waals surface area contributed by atoms with Crippen molar-refractivity contribution in [3.05, 3.63) is 29.3 Å². The highest BCUT2D eigenvalue weighted by Crippen LogP contribution is 2.14. The van der Waals surface area contributed by atoms with Crippen LogP contribution in [0, 0.1) is 0 Å². The second-order valence-electron chi connectivity index (χ2n) is 4.32. The van der Waals surface area contributed by atoms with Crippen LogP contribution in [-0.2, 0) is 9.59 Å². The van der Waals surface area contributed by atoms with Crippen molar-refractivity contribution >= 4 is 29.1 Å². The molecule has 2 amide bonds. The molecule has 1 rings (SSSR count). The second-order valence-corrected chi connectivity index (χ2v) is 4.75. The summed E-state index contributed by atoms with van der Waals surface area (Å²) in [4.78, 5) is 25.2. The number of carbonyl (C=O) groups excluding carboxylic acids is 2. The van der Waals surface area contributed by atoms with Crippen molar-refractivity contribution in [2.45, 2.75) is 13.8 Å². The maximum absolute atomic E-state index is 11.9. The molecule has 5 nitrogen and oxygen atoms in total. The van der Waals surface area contributed by atoms with E-state index in [1.165, 1.54) is 0 Å². The topological polar surface area (TPSA) is 61.4 Å². The van der Waals surface area contributed by atoms with E-state index in [1.807, 2.05) is 13.8 Å². The number of rotatable bonds is 7. The summed E-state index contributed by atoms with van der Waals surface area (Å²) >= 11 is 5.85. The number of nitrogens with one attached hydrogen (secondary N) is 2. The molecule has 0 heterocycles. The lowest BCUT2D eigenvalue weighted by atomic mass is 10.3. The molecule has 20 heavy (non-hydrogen) atoms. The second kappa shape index (κ2) is 8.55. The molecule has 2 N–H and O–H groups in total. The summed E-state index contributed by atoms with van der Waals surface area (Å²) in [6.07, 6.45) is 0. The zero-order valence-corrected chi connectivity index (χ0v) is 12.5. The zero-order valence-electron chi connectivity index (χ0n) is 11.8. The van der Waals surface area contributed by atoms with E-state index < -0.39 is 0 Å². The third-order valence-electron chi connectivity index (χ3n) is 2.66. The van der Waals surface area contributed by atoms with Gasteiger partial charge in [0.1, 0.15) is 0 Å². The van der Waals surface area contributed by atoms with Gasteiger partial charge < -0.3 is 10.6 Å². The molecule has 0 aliphatic carbocycles. The molecule has 0 spiro atoms. The minimum atomic E-state index is -0.168. The first-order chi connectivity index (χ1) is 9.55. The van der Waals surface area contributed by atoms with E-state index in [4.69, 9.17) is 11.6 Å². The van der Waals surface area contributed by atoms with Gasteiger partial charge in [-0.15, -0.1) is 0 Å². The van der Waals surface area contributed by atoms with Crippen LogP contribution in [0.2, 0.25) is 5.02 Å². The first-order valence-corrected chi connectivity index (χ1v) is 6.97. The Morgan fingerprint density at radius 2 is 1.90 bits per heavy atom. The molecule has 0 aliphatic heterocycles. The van der Waals surface area contributed by atoms with Crippen LogP contribution in [0.1, 0.15) is 13.8 Å². The summed E-state index contributed by atoms with van der Waals surface area (Å²) in [6, 6.07) is 6.96. The largest absolute Gasteiger partial charge is 0.355 e. The standard InChI is InChI=1S/C14H20ClN3O2/c1-3-16-13(19)9-18(4-2)10-14(20)17-12-7-5-6-11(15)8-12/h5-8H,3-4,9-10H2,1-2H3,(H,16,19)(H,17,20). The van der Waals surface area contributed by atoms with Crippen LogP contribution in [0.5, 0.6) is 0 Å². The van der Waals surface area contributed by atoms with Crippen LogP contribution in [-0.4, -0.2) is 42.9 Å². The van der Waals surface area contributed by atoms with Crippen LogP contribution in [0.3, 0.4) is 0 Å². The minimum Gasteiger partial charge on any atom is -0.355 e.